The highest BCUT2D eigenvalue weighted by molar-refractivity contribution is 5.82. The van der Waals surface area contributed by atoms with Gasteiger partial charge in [-0.05, 0) is 73.1 Å². The topological polar surface area (TPSA) is 79.7 Å². The van der Waals surface area contributed by atoms with Crippen LogP contribution in [0.4, 0.5) is 0 Å². The molecule has 3 aromatic rings. The number of para-hydroxylation sites is 1. The van der Waals surface area contributed by atoms with E-state index >= 15 is 0 Å². The van der Waals surface area contributed by atoms with E-state index in [1.807, 2.05) is 29.8 Å². The molecular weight excluding hydrogens is 364 g/mol. The molecule has 7 nitrogen and oxygen atoms in total. The Bertz CT molecular complexity index is 1060. The number of aryl methyl sites for hydroxylation is 1. The number of H-pyrrole nitrogens is 1. The van der Waals surface area contributed by atoms with Gasteiger partial charge in [-0.25, -0.2) is 4.68 Å². The summed E-state index contributed by atoms with van der Waals surface area (Å²) < 4.78 is 2.02. The van der Waals surface area contributed by atoms with Gasteiger partial charge >= 0.3 is 0 Å². The van der Waals surface area contributed by atoms with Gasteiger partial charge in [-0.3, -0.25) is 9.69 Å². The van der Waals surface area contributed by atoms with Crippen LogP contribution in [0.25, 0.3) is 10.9 Å². The summed E-state index contributed by atoms with van der Waals surface area (Å²) >= 11 is 0. The molecule has 152 valence electrons. The molecule has 7 heteroatoms. The Kier molecular flexibility index (Phi) is 4.91. The van der Waals surface area contributed by atoms with E-state index in [1.54, 1.807) is 0 Å². The van der Waals surface area contributed by atoms with Crippen molar-refractivity contribution >= 4 is 10.9 Å². The molecule has 2 aromatic heterocycles. The first kappa shape index (κ1) is 18.5. The molecule has 1 atom stereocenters. The van der Waals surface area contributed by atoms with Gasteiger partial charge in [-0.2, -0.15) is 0 Å². The predicted octanol–water partition coefficient (Wildman–Crippen LogP) is 3.51. The van der Waals surface area contributed by atoms with Crippen LogP contribution in [0.5, 0.6) is 0 Å². The van der Waals surface area contributed by atoms with Crippen molar-refractivity contribution in [1.82, 2.24) is 30.1 Å². The van der Waals surface area contributed by atoms with Crippen LogP contribution in [-0.4, -0.2) is 43.2 Å². The Labute approximate surface area is 170 Å². The second kappa shape index (κ2) is 7.71. The molecule has 1 aliphatic carbocycles. The van der Waals surface area contributed by atoms with Gasteiger partial charge in [0.15, 0.2) is 5.82 Å². The molecule has 1 saturated heterocycles. The zero-order valence-electron chi connectivity index (χ0n) is 17.0. The molecule has 2 aliphatic rings. The molecule has 1 aliphatic heterocycles. The normalized spacial score (nSPS) is 19.8. The van der Waals surface area contributed by atoms with Crippen LogP contribution >= 0.6 is 0 Å². The first-order chi connectivity index (χ1) is 14.2. The number of aromatic amines is 1. The molecule has 1 saturated carbocycles. The van der Waals surface area contributed by atoms with Crippen LogP contribution in [0.3, 0.4) is 0 Å². The number of likely N-dealkylation sites (tertiary alicyclic amines) is 1. The Hall–Kier alpha value is -2.54. The third kappa shape index (κ3) is 3.37. The van der Waals surface area contributed by atoms with Crippen molar-refractivity contribution in [3.8, 4) is 0 Å². The fourth-order valence-corrected chi connectivity index (χ4v) is 5.07. The number of hydrogen-bond donors (Lipinski definition) is 1. The SMILES string of the molecule is Cc1cccc2cc([C@@H](c3nnnn3C3CCCCC3)N3CCCC3)c(=O)[nH]c12. The second-order valence-electron chi connectivity index (χ2n) is 8.51. The third-order valence-corrected chi connectivity index (χ3v) is 6.60. The van der Waals surface area contributed by atoms with Crippen LogP contribution in [0.1, 0.15) is 74.0 Å². The van der Waals surface area contributed by atoms with Crippen LogP contribution < -0.4 is 5.56 Å². The number of rotatable bonds is 4. The Morgan fingerprint density at radius 3 is 2.69 bits per heavy atom. The van der Waals surface area contributed by atoms with Crippen LogP contribution in [0, 0.1) is 6.92 Å². The zero-order valence-corrected chi connectivity index (χ0v) is 17.0. The largest absolute Gasteiger partial charge is 0.321 e. The fourth-order valence-electron chi connectivity index (χ4n) is 5.07. The van der Waals surface area contributed by atoms with E-state index in [-0.39, 0.29) is 11.6 Å². The monoisotopic (exact) mass is 392 g/mol. The Morgan fingerprint density at radius 2 is 1.90 bits per heavy atom. The molecule has 0 unspecified atom stereocenters. The van der Waals surface area contributed by atoms with Crippen molar-refractivity contribution in [1.29, 1.82) is 0 Å². The summed E-state index contributed by atoms with van der Waals surface area (Å²) in [5, 5.41) is 13.9. The quantitative estimate of drug-likeness (QED) is 0.735. The number of pyridine rings is 1. The molecule has 1 N–H and O–H groups in total. The van der Waals surface area contributed by atoms with Crippen molar-refractivity contribution < 1.29 is 0 Å². The first-order valence-electron chi connectivity index (χ1n) is 10.9. The predicted molar refractivity (Wildman–Crippen MR) is 112 cm³/mol. The number of hydrogen-bond acceptors (Lipinski definition) is 5. The van der Waals surface area contributed by atoms with Crippen LogP contribution in [-0.2, 0) is 0 Å². The maximum Gasteiger partial charge on any atom is 0.253 e. The van der Waals surface area contributed by atoms with Crippen LogP contribution in [0.15, 0.2) is 29.1 Å². The van der Waals surface area contributed by atoms with Gasteiger partial charge in [0.25, 0.3) is 5.56 Å². The lowest BCUT2D eigenvalue weighted by atomic mass is 9.95. The second-order valence-corrected chi connectivity index (χ2v) is 8.51. The van der Waals surface area contributed by atoms with Gasteiger partial charge in [-0.15, -0.1) is 5.10 Å². The van der Waals surface area contributed by atoms with E-state index in [2.05, 4.69) is 31.5 Å². The van der Waals surface area contributed by atoms with Gasteiger partial charge in [0, 0.05) is 5.56 Å². The molecular formula is C22H28N6O. The molecule has 0 radical (unpaired) electrons. The summed E-state index contributed by atoms with van der Waals surface area (Å²) in [6.45, 7) is 3.96. The van der Waals surface area contributed by atoms with E-state index < -0.39 is 0 Å². The number of benzene rings is 1. The number of aromatic nitrogens is 5. The van der Waals surface area contributed by atoms with Gasteiger partial charge in [-0.1, -0.05) is 37.5 Å². The van der Waals surface area contributed by atoms with E-state index in [9.17, 15) is 4.79 Å². The average Bonchev–Trinajstić information content (AvgIpc) is 3.43. The van der Waals surface area contributed by atoms with E-state index in [1.165, 1.54) is 19.3 Å². The van der Waals surface area contributed by atoms with Crippen molar-refractivity contribution in [3.05, 3.63) is 51.6 Å². The Balaban J connectivity index is 1.64. The smallest absolute Gasteiger partial charge is 0.253 e. The highest BCUT2D eigenvalue weighted by atomic mass is 16.1. The highest BCUT2D eigenvalue weighted by Crippen LogP contribution is 2.34. The van der Waals surface area contributed by atoms with Crippen molar-refractivity contribution in [3.63, 3.8) is 0 Å². The number of fused-ring (bicyclic) bond motifs is 1. The van der Waals surface area contributed by atoms with Crippen LogP contribution in [0.2, 0.25) is 0 Å². The maximum atomic E-state index is 13.2. The number of nitrogens with zero attached hydrogens (tertiary/aromatic N) is 5. The summed E-state index contributed by atoms with van der Waals surface area (Å²) in [5.41, 5.74) is 2.70. The van der Waals surface area contributed by atoms with Gasteiger partial charge in [0.2, 0.25) is 0 Å². The third-order valence-electron chi connectivity index (χ3n) is 6.60. The van der Waals surface area contributed by atoms with E-state index in [0.29, 0.717) is 6.04 Å². The van der Waals surface area contributed by atoms with Crippen molar-refractivity contribution in [2.45, 2.75) is 64.0 Å². The van der Waals surface area contributed by atoms with Gasteiger partial charge in [0.1, 0.15) is 6.04 Å². The molecule has 0 spiro atoms. The minimum Gasteiger partial charge on any atom is -0.321 e. The van der Waals surface area contributed by atoms with Gasteiger partial charge < -0.3 is 4.98 Å². The maximum absolute atomic E-state index is 13.2. The lowest BCUT2D eigenvalue weighted by Gasteiger charge is -2.29. The molecule has 5 rings (SSSR count). The highest BCUT2D eigenvalue weighted by Gasteiger charge is 2.33. The van der Waals surface area contributed by atoms with Crippen molar-refractivity contribution in [2.75, 3.05) is 13.1 Å². The summed E-state index contributed by atoms with van der Waals surface area (Å²) in [7, 11) is 0. The average molecular weight is 393 g/mol. The molecule has 0 amide bonds. The standard InChI is InChI=1S/C22H28N6O/c1-15-8-7-9-16-14-18(22(29)23-19(15)16)20(27-12-5-6-13-27)21-24-25-26-28(21)17-10-3-2-4-11-17/h7-9,14,17,20H,2-6,10-13H2,1H3,(H,23,29)/t20-/m0/s1. The number of nitrogens with one attached hydrogen (secondary N) is 1. The summed E-state index contributed by atoms with van der Waals surface area (Å²) in [5.74, 6) is 0.816. The molecule has 0 bridgehead atoms. The fraction of sp³-hybridized carbons (Fsp3) is 0.545. The number of tetrazole rings is 1. The summed E-state index contributed by atoms with van der Waals surface area (Å²) in [6, 6.07) is 8.30. The van der Waals surface area contributed by atoms with E-state index in [0.717, 1.165) is 66.6 Å². The molecule has 2 fully saturated rings. The van der Waals surface area contributed by atoms with E-state index in [4.69, 9.17) is 0 Å². The lowest BCUT2D eigenvalue weighted by molar-refractivity contribution is 0.243. The summed E-state index contributed by atoms with van der Waals surface area (Å²) in [6.07, 6.45) is 8.23. The first-order valence-corrected chi connectivity index (χ1v) is 10.9. The minimum absolute atomic E-state index is 0.0399. The molecule has 1 aromatic carbocycles. The Morgan fingerprint density at radius 1 is 1.10 bits per heavy atom. The summed E-state index contributed by atoms with van der Waals surface area (Å²) in [4.78, 5) is 18.7. The minimum atomic E-state index is -0.205. The van der Waals surface area contributed by atoms with Gasteiger partial charge in [0.05, 0.1) is 11.6 Å². The molecule has 3 heterocycles. The van der Waals surface area contributed by atoms with Crippen molar-refractivity contribution in [2.24, 2.45) is 0 Å². The molecule has 29 heavy (non-hydrogen) atoms. The lowest BCUT2D eigenvalue weighted by Crippen LogP contribution is -2.34. The zero-order chi connectivity index (χ0) is 19.8.